The molecule has 238 valence electrons. The molecule has 48 heavy (non-hydrogen) atoms. The zero-order chi connectivity index (χ0) is 33.6. The summed E-state index contributed by atoms with van der Waals surface area (Å²) in [5, 5.41) is 0. The lowest BCUT2D eigenvalue weighted by atomic mass is 9.59. The number of fused-ring (bicyclic) bond motifs is 4. The molecule has 3 heteroatoms. The van der Waals surface area contributed by atoms with Crippen molar-refractivity contribution in [1.82, 2.24) is 15.0 Å². The van der Waals surface area contributed by atoms with E-state index >= 15 is 0 Å². The maximum atomic E-state index is 5.33. The van der Waals surface area contributed by atoms with Crippen LogP contribution in [0.2, 0.25) is 0 Å². The van der Waals surface area contributed by atoms with Gasteiger partial charge in [0, 0.05) is 22.1 Å². The van der Waals surface area contributed by atoms with Crippen molar-refractivity contribution >= 4 is 0 Å². The van der Waals surface area contributed by atoms with Crippen molar-refractivity contribution in [2.24, 2.45) is 5.41 Å². The molecule has 0 spiro atoms. The molecule has 0 saturated carbocycles. The topological polar surface area (TPSA) is 38.7 Å². The van der Waals surface area contributed by atoms with E-state index in [1.54, 1.807) is 0 Å². The second-order valence-electron chi connectivity index (χ2n) is 15.8. The second-order valence-corrected chi connectivity index (χ2v) is 15.8. The van der Waals surface area contributed by atoms with Crippen LogP contribution in [-0.4, -0.2) is 15.0 Å². The van der Waals surface area contributed by atoms with E-state index in [1.807, 2.05) is 18.2 Å². The normalized spacial score (nSPS) is 17.4. The Morgan fingerprint density at radius 3 is 1.50 bits per heavy atom. The van der Waals surface area contributed by atoms with Gasteiger partial charge < -0.3 is 0 Å². The summed E-state index contributed by atoms with van der Waals surface area (Å²) in [4.78, 5) is 15.7. The number of aromatic nitrogens is 3. The number of benzene rings is 5. The van der Waals surface area contributed by atoms with Gasteiger partial charge in [0.25, 0.3) is 0 Å². The van der Waals surface area contributed by atoms with Crippen LogP contribution in [0.4, 0.5) is 0 Å². The van der Waals surface area contributed by atoms with Crippen LogP contribution in [0.25, 0.3) is 56.4 Å². The fourth-order valence-electron chi connectivity index (χ4n) is 8.32. The van der Waals surface area contributed by atoms with Gasteiger partial charge in [-0.05, 0) is 79.0 Å². The zero-order valence-corrected chi connectivity index (χ0v) is 29.3. The first-order valence-electron chi connectivity index (χ1n) is 17.1. The van der Waals surface area contributed by atoms with Crippen molar-refractivity contribution in [1.29, 1.82) is 0 Å². The molecule has 0 fully saturated rings. The van der Waals surface area contributed by atoms with Crippen LogP contribution in [0.1, 0.15) is 77.6 Å². The fraction of sp³-hybridized carbons (Fsp3) is 0.267. The van der Waals surface area contributed by atoms with Crippen molar-refractivity contribution in [2.45, 2.75) is 71.6 Å². The van der Waals surface area contributed by atoms with Crippen LogP contribution in [0.5, 0.6) is 0 Å². The molecular formula is C45H43N3. The van der Waals surface area contributed by atoms with Crippen molar-refractivity contribution in [2.75, 3.05) is 0 Å². The first-order chi connectivity index (χ1) is 22.8. The van der Waals surface area contributed by atoms with Gasteiger partial charge in [0.05, 0.1) is 0 Å². The lowest BCUT2D eigenvalue weighted by Gasteiger charge is -2.44. The van der Waals surface area contributed by atoms with Gasteiger partial charge in [-0.25, -0.2) is 15.0 Å². The van der Waals surface area contributed by atoms with E-state index in [-0.39, 0.29) is 21.7 Å². The van der Waals surface area contributed by atoms with E-state index in [0.29, 0.717) is 17.5 Å². The van der Waals surface area contributed by atoms with Gasteiger partial charge in [0.1, 0.15) is 0 Å². The van der Waals surface area contributed by atoms with E-state index in [4.69, 9.17) is 15.0 Å². The molecule has 0 radical (unpaired) electrons. The van der Waals surface area contributed by atoms with Crippen LogP contribution in [0, 0.1) is 5.41 Å². The van der Waals surface area contributed by atoms with Crippen LogP contribution in [-0.2, 0) is 16.2 Å². The van der Waals surface area contributed by atoms with Gasteiger partial charge >= 0.3 is 0 Å². The molecule has 0 saturated heterocycles. The molecule has 0 unspecified atom stereocenters. The van der Waals surface area contributed by atoms with Crippen LogP contribution in [0.15, 0.2) is 115 Å². The highest BCUT2D eigenvalue weighted by Gasteiger charge is 2.57. The number of hydrogen-bond donors (Lipinski definition) is 0. The predicted octanol–water partition coefficient (Wildman–Crippen LogP) is 11.4. The van der Waals surface area contributed by atoms with Gasteiger partial charge in [-0.15, -0.1) is 0 Å². The Morgan fingerprint density at radius 1 is 0.354 bits per heavy atom. The smallest absolute Gasteiger partial charge is 0.164 e. The monoisotopic (exact) mass is 625 g/mol. The van der Waals surface area contributed by atoms with Crippen LogP contribution < -0.4 is 0 Å². The summed E-state index contributed by atoms with van der Waals surface area (Å²) < 4.78 is 0. The molecule has 3 nitrogen and oxygen atoms in total. The van der Waals surface area contributed by atoms with Crippen LogP contribution >= 0.6 is 0 Å². The van der Waals surface area contributed by atoms with Gasteiger partial charge in [-0.1, -0.05) is 152 Å². The Bertz CT molecular complexity index is 2220. The first-order valence-corrected chi connectivity index (χ1v) is 17.1. The molecule has 1 heterocycles. The third-order valence-electron chi connectivity index (χ3n) is 12.5. The minimum Gasteiger partial charge on any atom is -0.208 e. The summed E-state index contributed by atoms with van der Waals surface area (Å²) in [6, 6.07) is 41.3. The van der Waals surface area contributed by atoms with E-state index in [2.05, 4.69) is 152 Å². The Balaban J connectivity index is 1.39. The maximum absolute atomic E-state index is 5.33. The first kappa shape index (κ1) is 30.4. The lowest BCUT2D eigenvalue weighted by Crippen LogP contribution is -2.42. The quantitative estimate of drug-likeness (QED) is 0.196. The second kappa shape index (κ2) is 10.3. The third-order valence-corrected chi connectivity index (χ3v) is 12.5. The lowest BCUT2D eigenvalue weighted by molar-refractivity contribution is 0.125. The van der Waals surface area contributed by atoms with E-state index in [9.17, 15) is 0 Å². The Kier molecular flexibility index (Phi) is 6.53. The molecule has 0 atom stereocenters. The van der Waals surface area contributed by atoms with E-state index < -0.39 is 0 Å². The summed E-state index contributed by atoms with van der Waals surface area (Å²) in [5.41, 5.74) is 13.2. The van der Waals surface area contributed by atoms with Crippen molar-refractivity contribution in [3.8, 4) is 56.4 Å². The number of nitrogens with zero attached hydrogens (tertiary/aromatic N) is 3. The fourth-order valence-corrected chi connectivity index (χ4v) is 8.32. The molecular weight excluding hydrogens is 583 g/mol. The Morgan fingerprint density at radius 2 is 0.854 bits per heavy atom. The van der Waals surface area contributed by atoms with E-state index in [0.717, 1.165) is 27.8 Å². The summed E-state index contributed by atoms with van der Waals surface area (Å²) in [7, 11) is 0. The Labute approximate surface area is 285 Å². The average molecular weight is 626 g/mol. The van der Waals surface area contributed by atoms with Crippen molar-refractivity contribution in [3.05, 3.63) is 138 Å². The minimum absolute atomic E-state index is 0.0256. The third kappa shape index (κ3) is 4.23. The van der Waals surface area contributed by atoms with Crippen molar-refractivity contribution in [3.63, 3.8) is 0 Å². The molecule has 0 N–H and O–H groups in total. The highest BCUT2D eigenvalue weighted by Crippen LogP contribution is 2.62. The van der Waals surface area contributed by atoms with Gasteiger partial charge in [-0.2, -0.15) is 0 Å². The molecule has 0 bridgehead atoms. The molecule has 0 aliphatic heterocycles. The standard InChI is InChI=1S/C45H43N3/c1-42(2)35-22-16-15-21-31(35)32-24-23-30(25-36(32)42)40-46-39(29-19-13-10-14-20-29)47-41(48-40)34-27-38-37(26-33(34)28-17-11-9-12-18-28)43(3,4)45(7,8)44(38,5)6/h9-27H,1-8H3. The average Bonchev–Trinajstić information content (AvgIpc) is 3.38. The molecule has 6 aromatic rings. The predicted molar refractivity (Wildman–Crippen MR) is 199 cm³/mol. The van der Waals surface area contributed by atoms with Gasteiger partial charge in [0.15, 0.2) is 17.5 Å². The summed E-state index contributed by atoms with van der Waals surface area (Å²) >= 11 is 0. The number of hydrogen-bond acceptors (Lipinski definition) is 3. The zero-order valence-electron chi connectivity index (χ0n) is 29.3. The minimum atomic E-state index is -0.119. The maximum Gasteiger partial charge on any atom is 0.164 e. The molecule has 0 amide bonds. The SMILES string of the molecule is CC1(C)c2ccccc2-c2ccc(-c3nc(-c4ccccc4)nc(-c4cc5c(cc4-c4ccccc4)C(C)(C)C(C)(C)C5(C)C)n3)cc21. The van der Waals surface area contributed by atoms with Gasteiger partial charge in [0.2, 0.25) is 0 Å². The number of rotatable bonds is 4. The highest BCUT2D eigenvalue weighted by atomic mass is 15.0. The summed E-state index contributed by atoms with van der Waals surface area (Å²) in [6.45, 7) is 19.0. The summed E-state index contributed by atoms with van der Waals surface area (Å²) in [6.07, 6.45) is 0. The van der Waals surface area contributed by atoms with Gasteiger partial charge in [-0.3, -0.25) is 0 Å². The molecule has 8 rings (SSSR count). The summed E-state index contributed by atoms with van der Waals surface area (Å²) in [5.74, 6) is 2.06. The molecule has 2 aliphatic rings. The van der Waals surface area contributed by atoms with E-state index in [1.165, 1.54) is 33.4 Å². The molecule has 1 aromatic heterocycles. The molecule has 5 aromatic carbocycles. The Hall–Kier alpha value is -4.89. The molecule has 2 aliphatic carbocycles. The highest BCUT2D eigenvalue weighted by molar-refractivity contribution is 5.86. The van der Waals surface area contributed by atoms with Crippen LogP contribution in [0.3, 0.4) is 0 Å². The largest absolute Gasteiger partial charge is 0.208 e. The van der Waals surface area contributed by atoms with Crippen molar-refractivity contribution < 1.29 is 0 Å².